The molecule has 1 aliphatic heterocycles. The molecule has 2 aromatic carbocycles. The van der Waals surface area contributed by atoms with E-state index in [9.17, 15) is 0 Å². The highest BCUT2D eigenvalue weighted by molar-refractivity contribution is 5.63. The van der Waals surface area contributed by atoms with Gasteiger partial charge >= 0.3 is 0 Å². The van der Waals surface area contributed by atoms with Crippen LogP contribution in [0.5, 0.6) is 0 Å². The van der Waals surface area contributed by atoms with Crippen LogP contribution in [0.2, 0.25) is 0 Å². The van der Waals surface area contributed by atoms with Gasteiger partial charge in [0.25, 0.3) is 0 Å². The van der Waals surface area contributed by atoms with Crippen molar-refractivity contribution in [1.82, 2.24) is 4.90 Å². The largest absolute Gasteiger partial charge is 0.378 e. The smallest absolute Gasteiger partial charge is 0.0175 e. The Labute approximate surface area is 140 Å². The number of benzene rings is 2. The third-order valence-electron chi connectivity index (χ3n) is 5.54. The minimum Gasteiger partial charge on any atom is -0.378 e. The van der Waals surface area contributed by atoms with E-state index in [1.807, 2.05) is 6.20 Å². The van der Waals surface area contributed by atoms with E-state index in [-0.39, 0.29) is 5.41 Å². The first-order chi connectivity index (χ1) is 11.1. The molecule has 0 unspecified atom stereocenters. The number of hydrogen-bond donors (Lipinski definition) is 0. The van der Waals surface area contributed by atoms with Crippen LogP contribution in [0.4, 0.5) is 0 Å². The van der Waals surface area contributed by atoms with Crippen LogP contribution in [0.1, 0.15) is 32.3 Å². The number of piperidine rings is 1. The van der Waals surface area contributed by atoms with Crippen LogP contribution in [0.3, 0.4) is 0 Å². The Morgan fingerprint density at radius 2 is 1.48 bits per heavy atom. The van der Waals surface area contributed by atoms with Crippen LogP contribution in [0, 0.1) is 5.92 Å². The van der Waals surface area contributed by atoms with Crippen molar-refractivity contribution in [2.24, 2.45) is 5.92 Å². The highest BCUT2D eigenvalue weighted by Gasteiger charge is 2.33. The topological polar surface area (TPSA) is 3.24 Å². The van der Waals surface area contributed by atoms with Crippen LogP contribution in [0.15, 0.2) is 67.4 Å². The molecule has 1 nitrogen and oxygen atoms in total. The molecule has 0 aliphatic carbocycles. The van der Waals surface area contributed by atoms with E-state index in [0.29, 0.717) is 0 Å². The molecular formula is C22H27N. The van der Waals surface area contributed by atoms with Crippen LogP contribution in [-0.2, 0) is 5.41 Å². The SMILES string of the molecule is C=CN1CCC(C(C)(C)c2ccc(-c3ccccc3)cc2)CC1. The lowest BCUT2D eigenvalue weighted by molar-refractivity contribution is 0.178. The van der Waals surface area contributed by atoms with E-state index in [2.05, 4.69) is 79.9 Å². The fraction of sp³-hybridized carbons (Fsp3) is 0.364. The summed E-state index contributed by atoms with van der Waals surface area (Å²) in [5.74, 6) is 0.737. The summed E-state index contributed by atoms with van der Waals surface area (Å²) in [7, 11) is 0. The molecule has 0 radical (unpaired) electrons. The van der Waals surface area contributed by atoms with Gasteiger partial charge in [0.05, 0.1) is 0 Å². The number of likely N-dealkylation sites (tertiary alicyclic amines) is 1. The predicted octanol–water partition coefficient (Wildman–Crippen LogP) is 5.49. The molecule has 23 heavy (non-hydrogen) atoms. The lowest BCUT2D eigenvalue weighted by Gasteiger charge is -2.41. The quantitative estimate of drug-likeness (QED) is 0.722. The zero-order valence-corrected chi connectivity index (χ0v) is 14.3. The van der Waals surface area contributed by atoms with Gasteiger partial charge in [0, 0.05) is 13.1 Å². The molecule has 0 atom stereocenters. The van der Waals surface area contributed by atoms with Crippen LogP contribution < -0.4 is 0 Å². The normalized spacial score (nSPS) is 16.3. The number of rotatable bonds is 4. The van der Waals surface area contributed by atoms with Crippen LogP contribution >= 0.6 is 0 Å². The maximum Gasteiger partial charge on any atom is 0.0175 e. The molecule has 0 N–H and O–H groups in total. The monoisotopic (exact) mass is 305 g/mol. The summed E-state index contributed by atoms with van der Waals surface area (Å²) in [4.78, 5) is 2.34. The first-order valence-electron chi connectivity index (χ1n) is 8.64. The maximum absolute atomic E-state index is 3.89. The molecule has 0 amide bonds. The van der Waals surface area contributed by atoms with Crippen molar-refractivity contribution in [3.63, 3.8) is 0 Å². The van der Waals surface area contributed by atoms with Crippen molar-refractivity contribution < 1.29 is 0 Å². The molecule has 1 heterocycles. The molecule has 120 valence electrons. The second kappa shape index (κ2) is 6.62. The average Bonchev–Trinajstić information content (AvgIpc) is 2.62. The van der Waals surface area contributed by atoms with Crippen molar-refractivity contribution in [3.05, 3.63) is 72.9 Å². The molecule has 1 fully saturated rings. The van der Waals surface area contributed by atoms with Gasteiger partial charge < -0.3 is 4.90 Å². The van der Waals surface area contributed by atoms with Gasteiger partial charge in [0.2, 0.25) is 0 Å². The Hall–Kier alpha value is -2.02. The highest BCUT2D eigenvalue weighted by atomic mass is 15.1. The minimum absolute atomic E-state index is 0.225. The van der Waals surface area contributed by atoms with Crippen molar-refractivity contribution in [1.29, 1.82) is 0 Å². The van der Waals surface area contributed by atoms with Gasteiger partial charge in [0.1, 0.15) is 0 Å². The highest BCUT2D eigenvalue weighted by Crippen LogP contribution is 2.38. The van der Waals surface area contributed by atoms with E-state index in [1.54, 1.807) is 0 Å². The van der Waals surface area contributed by atoms with Gasteiger partial charge in [-0.1, -0.05) is 75.0 Å². The standard InChI is InChI=1S/C22H27N/c1-4-23-16-14-21(15-17-23)22(2,3)20-12-10-19(11-13-20)18-8-6-5-7-9-18/h4-13,21H,1,14-17H2,2-3H3. The molecule has 0 bridgehead atoms. The third kappa shape index (κ3) is 3.34. The predicted molar refractivity (Wildman–Crippen MR) is 99.4 cm³/mol. The van der Waals surface area contributed by atoms with Crippen LogP contribution in [-0.4, -0.2) is 18.0 Å². The molecule has 1 aliphatic rings. The molecule has 1 heteroatoms. The van der Waals surface area contributed by atoms with Gasteiger partial charge in [-0.2, -0.15) is 0 Å². The van der Waals surface area contributed by atoms with Crippen molar-refractivity contribution >= 4 is 0 Å². The summed E-state index contributed by atoms with van der Waals surface area (Å²) in [5, 5.41) is 0. The number of hydrogen-bond acceptors (Lipinski definition) is 1. The molecule has 3 rings (SSSR count). The van der Waals surface area contributed by atoms with Gasteiger partial charge in [-0.05, 0) is 47.1 Å². The molecular weight excluding hydrogens is 278 g/mol. The summed E-state index contributed by atoms with van der Waals surface area (Å²) >= 11 is 0. The minimum atomic E-state index is 0.225. The van der Waals surface area contributed by atoms with Gasteiger partial charge in [-0.25, -0.2) is 0 Å². The Morgan fingerprint density at radius 1 is 0.913 bits per heavy atom. The Kier molecular flexibility index (Phi) is 4.56. The first-order valence-corrected chi connectivity index (χ1v) is 8.64. The molecule has 0 aromatic heterocycles. The lowest BCUT2D eigenvalue weighted by Crippen LogP contribution is -2.38. The fourth-order valence-corrected chi connectivity index (χ4v) is 3.76. The summed E-state index contributed by atoms with van der Waals surface area (Å²) in [6.45, 7) is 11.0. The van der Waals surface area contributed by atoms with E-state index in [4.69, 9.17) is 0 Å². The molecule has 2 aromatic rings. The van der Waals surface area contributed by atoms with Crippen molar-refractivity contribution in [2.75, 3.05) is 13.1 Å². The zero-order valence-electron chi connectivity index (χ0n) is 14.3. The first kappa shape index (κ1) is 15.9. The molecule has 0 saturated carbocycles. The molecule has 0 spiro atoms. The Bertz CT molecular complexity index is 631. The average molecular weight is 305 g/mol. The van der Waals surface area contributed by atoms with E-state index < -0.39 is 0 Å². The van der Waals surface area contributed by atoms with E-state index in [1.165, 1.54) is 29.5 Å². The van der Waals surface area contributed by atoms with Gasteiger partial charge in [-0.3, -0.25) is 0 Å². The van der Waals surface area contributed by atoms with E-state index in [0.717, 1.165) is 19.0 Å². The Balaban J connectivity index is 1.77. The molecule has 1 saturated heterocycles. The Morgan fingerprint density at radius 3 is 2.04 bits per heavy atom. The van der Waals surface area contributed by atoms with Crippen LogP contribution in [0.25, 0.3) is 11.1 Å². The second-order valence-electron chi connectivity index (χ2n) is 7.16. The second-order valence-corrected chi connectivity index (χ2v) is 7.16. The van der Waals surface area contributed by atoms with Crippen molar-refractivity contribution in [3.8, 4) is 11.1 Å². The number of nitrogens with zero attached hydrogens (tertiary/aromatic N) is 1. The van der Waals surface area contributed by atoms with Gasteiger partial charge in [-0.15, -0.1) is 0 Å². The summed E-state index contributed by atoms with van der Waals surface area (Å²) in [6, 6.07) is 19.8. The lowest BCUT2D eigenvalue weighted by atomic mass is 9.69. The maximum atomic E-state index is 3.89. The van der Waals surface area contributed by atoms with Gasteiger partial charge in [0.15, 0.2) is 0 Å². The third-order valence-corrected chi connectivity index (χ3v) is 5.54. The summed E-state index contributed by atoms with van der Waals surface area (Å²) in [6.07, 6.45) is 4.48. The summed E-state index contributed by atoms with van der Waals surface area (Å²) < 4.78 is 0. The summed E-state index contributed by atoms with van der Waals surface area (Å²) in [5.41, 5.74) is 4.26. The van der Waals surface area contributed by atoms with Crippen molar-refractivity contribution in [2.45, 2.75) is 32.1 Å². The zero-order chi connectivity index (χ0) is 16.3. The van der Waals surface area contributed by atoms with E-state index >= 15 is 0 Å². The fourth-order valence-electron chi connectivity index (χ4n) is 3.76.